The number of ether oxygens (including phenoxy) is 5. The molecular weight excluding hydrogens is 654 g/mol. The number of hydrogen-bond donors (Lipinski definition) is 0. The minimum atomic E-state index is -1.86. The minimum absolute atomic E-state index is 0.0219. The van der Waals surface area contributed by atoms with Gasteiger partial charge in [0.2, 0.25) is 12.4 Å². The number of benzene rings is 3. The highest BCUT2D eigenvalue weighted by atomic mass is 35.5. The van der Waals surface area contributed by atoms with Crippen LogP contribution in [-0.2, 0) is 38.1 Å². The van der Waals surface area contributed by atoms with Crippen molar-refractivity contribution in [3.8, 4) is 5.75 Å². The molecule has 0 radical (unpaired) electrons. The van der Waals surface area contributed by atoms with Crippen molar-refractivity contribution in [3.05, 3.63) is 79.4 Å². The highest BCUT2D eigenvalue weighted by molar-refractivity contribution is 6.44. The van der Waals surface area contributed by atoms with Crippen molar-refractivity contribution in [2.45, 2.75) is 71.7 Å². The average Bonchev–Trinajstić information content (AvgIpc) is 2.99. The van der Waals surface area contributed by atoms with Gasteiger partial charge in [-0.25, -0.2) is 0 Å². The molecule has 3 aromatic carbocycles. The predicted molar refractivity (Wildman–Crippen MR) is 165 cm³/mol. The molecule has 3 aromatic rings. The number of nitro groups is 1. The van der Waals surface area contributed by atoms with Gasteiger partial charge < -0.3 is 23.7 Å². The van der Waals surface area contributed by atoms with Crippen LogP contribution in [0, 0.1) is 17.0 Å². The standard InChI is InChI=1S/C33H28ClNO13/c1-13-9-10-18-20(11-13)28(41)24-25(27(18)40)30(23-19(26(24)34)7-6-8-21(23)35(42)43)48-33-32(46-17(5)39)31(45-16(4)38)29(44-15(3)37)22(47-33)12-14(2)36/h6-11,22,29,31-33H,12H2,1-5H3/t22-,29+,31-,32+,33+/m0/s1. The smallest absolute Gasteiger partial charge is 0.303 e. The zero-order valence-electron chi connectivity index (χ0n) is 26.2. The van der Waals surface area contributed by atoms with Crippen molar-refractivity contribution in [1.82, 2.24) is 0 Å². The lowest BCUT2D eigenvalue weighted by atomic mass is 9.81. The average molecular weight is 682 g/mol. The van der Waals surface area contributed by atoms with Crippen LogP contribution in [0.4, 0.5) is 5.69 Å². The van der Waals surface area contributed by atoms with E-state index in [1.807, 2.05) is 0 Å². The summed E-state index contributed by atoms with van der Waals surface area (Å²) in [4.78, 5) is 88.9. The highest BCUT2D eigenvalue weighted by Gasteiger charge is 2.54. The third kappa shape index (κ3) is 6.23. The number of nitrogens with zero attached hydrogens (tertiary/aromatic N) is 1. The largest absolute Gasteiger partial charge is 0.459 e. The molecule has 0 bridgehead atoms. The Hall–Kier alpha value is -5.21. The van der Waals surface area contributed by atoms with Crippen LogP contribution >= 0.6 is 11.6 Å². The van der Waals surface area contributed by atoms with E-state index in [1.54, 1.807) is 13.0 Å². The summed E-state index contributed by atoms with van der Waals surface area (Å²) in [5.41, 5.74) is -0.577. The number of ketones is 3. The number of aryl methyl sites for hydroxylation is 1. The van der Waals surface area contributed by atoms with Gasteiger partial charge >= 0.3 is 17.9 Å². The van der Waals surface area contributed by atoms with Gasteiger partial charge in [-0.3, -0.25) is 38.9 Å². The minimum Gasteiger partial charge on any atom is -0.459 e. The predicted octanol–water partition coefficient (Wildman–Crippen LogP) is 4.36. The summed E-state index contributed by atoms with van der Waals surface area (Å²) in [5, 5.41) is 11.8. The van der Waals surface area contributed by atoms with Crippen molar-refractivity contribution in [2.24, 2.45) is 0 Å². The quantitative estimate of drug-likeness (QED) is 0.110. The second-order valence-electron chi connectivity index (χ2n) is 11.3. The number of nitro benzene ring substituents is 1. The molecular formula is C33H28ClNO13. The number of Topliss-reactive ketones (excluding diaryl/α,β-unsaturated/α-hetero) is 1. The monoisotopic (exact) mass is 681 g/mol. The molecule has 1 fully saturated rings. The van der Waals surface area contributed by atoms with E-state index in [0.29, 0.717) is 5.56 Å². The Balaban J connectivity index is 1.80. The molecule has 0 N–H and O–H groups in total. The lowest BCUT2D eigenvalue weighted by molar-refractivity contribution is -0.383. The summed E-state index contributed by atoms with van der Waals surface area (Å²) in [7, 11) is 0. The van der Waals surface area contributed by atoms with E-state index in [9.17, 15) is 38.9 Å². The molecule has 1 saturated heterocycles. The molecule has 0 amide bonds. The summed E-state index contributed by atoms with van der Waals surface area (Å²) in [6, 6.07) is 8.40. The molecule has 14 nitrogen and oxygen atoms in total. The molecule has 0 spiro atoms. The van der Waals surface area contributed by atoms with E-state index in [-0.39, 0.29) is 32.5 Å². The molecule has 0 aromatic heterocycles. The van der Waals surface area contributed by atoms with Crippen molar-refractivity contribution in [2.75, 3.05) is 0 Å². The van der Waals surface area contributed by atoms with Crippen molar-refractivity contribution in [1.29, 1.82) is 0 Å². The van der Waals surface area contributed by atoms with Gasteiger partial charge in [-0.2, -0.15) is 0 Å². The molecule has 250 valence electrons. The van der Waals surface area contributed by atoms with Crippen LogP contribution in [0.3, 0.4) is 0 Å². The molecule has 2 aliphatic rings. The van der Waals surface area contributed by atoms with Crippen LogP contribution < -0.4 is 4.74 Å². The topological polar surface area (TPSA) is 192 Å². The lowest BCUT2D eigenvalue weighted by Gasteiger charge is -2.44. The Morgan fingerprint density at radius 3 is 2.06 bits per heavy atom. The first-order valence-corrected chi connectivity index (χ1v) is 14.9. The van der Waals surface area contributed by atoms with Crippen molar-refractivity contribution in [3.63, 3.8) is 0 Å². The van der Waals surface area contributed by atoms with Gasteiger partial charge in [-0.15, -0.1) is 0 Å². The van der Waals surface area contributed by atoms with Gasteiger partial charge in [0, 0.05) is 49.8 Å². The maximum atomic E-state index is 14.2. The normalized spacial score (nSPS) is 21.5. The highest BCUT2D eigenvalue weighted by Crippen LogP contribution is 2.48. The number of rotatable bonds is 8. The van der Waals surface area contributed by atoms with E-state index in [1.165, 1.54) is 31.2 Å². The van der Waals surface area contributed by atoms with Gasteiger partial charge in [-0.1, -0.05) is 41.4 Å². The van der Waals surface area contributed by atoms with E-state index < -0.39 is 94.3 Å². The number of esters is 3. The maximum absolute atomic E-state index is 14.2. The molecule has 5 atom stereocenters. The Kier molecular flexibility index (Phi) is 9.33. The fraction of sp³-hybridized carbons (Fsp3) is 0.333. The second kappa shape index (κ2) is 13.1. The Bertz CT molecular complexity index is 1940. The molecule has 15 heteroatoms. The van der Waals surface area contributed by atoms with Crippen LogP contribution in [0.5, 0.6) is 5.75 Å². The summed E-state index contributed by atoms with van der Waals surface area (Å²) in [5.74, 6) is -5.04. The summed E-state index contributed by atoms with van der Waals surface area (Å²) >= 11 is 6.75. The number of carbonyl (C=O) groups excluding carboxylic acids is 6. The van der Waals surface area contributed by atoms with Crippen LogP contribution in [0.2, 0.25) is 5.02 Å². The molecule has 1 heterocycles. The number of hydrogen-bond acceptors (Lipinski definition) is 13. The lowest BCUT2D eigenvalue weighted by Crippen LogP contribution is -2.63. The summed E-state index contributed by atoms with van der Waals surface area (Å²) in [6.07, 6.45) is -8.46. The molecule has 0 saturated carbocycles. The molecule has 48 heavy (non-hydrogen) atoms. The van der Waals surface area contributed by atoms with Crippen LogP contribution in [-0.4, -0.2) is 70.9 Å². The van der Waals surface area contributed by atoms with E-state index in [2.05, 4.69) is 0 Å². The first-order chi connectivity index (χ1) is 22.6. The zero-order valence-corrected chi connectivity index (χ0v) is 26.9. The number of non-ortho nitro benzene ring substituents is 1. The summed E-state index contributed by atoms with van der Waals surface area (Å²) < 4.78 is 28.7. The van der Waals surface area contributed by atoms with Crippen LogP contribution in [0.15, 0.2) is 36.4 Å². The fourth-order valence-electron chi connectivity index (χ4n) is 5.97. The molecule has 1 aliphatic carbocycles. The first kappa shape index (κ1) is 34.1. The Labute approximate surface area is 277 Å². The number of halogens is 1. The number of fused-ring (bicyclic) bond motifs is 3. The van der Waals surface area contributed by atoms with Crippen LogP contribution in [0.1, 0.15) is 71.5 Å². The molecule has 1 aliphatic heterocycles. The van der Waals surface area contributed by atoms with Crippen LogP contribution in [0.25, 0.3) is 10.8 Å². The van der Waals surface area contributed by atoms with Gasteiger partial charge in [0.1, 0.15) is 23.0 Å². The van der Waals surface area contributed by atoms with Crippen molar-refractivity contribution >= 4 is 63.3 Å². The van der Waals surface area contributed by atoms with Crippen molar-refractivity contribution < 1.29 is 57.4 Å². The summed E-state index contributed by atoms with van der Waals surface area (Å²) in [6.45, 7) is 6.07. The number of carbonyl (C=O) groups is 6. The van der Waals surface area contributed by atoms with E-state index in [0.717, 1.165) is 26.8 Å². The third-order valence-electron chi connectivity index (χ3n) is 7.74. The van der Waals surface area contributed by atoms with E-state index in [4.69, 9.17) is 35.3 Å². The van der Waals surface area contributed by atoms with Gasteiger partial charge in [-0.05, 0) is 19.9 Å². The Morgan fingerprint density at radius 1 is 0.854 bits per heavy atom. The molecule has 0 unspecified atom stereocenters. The maximum Gasteiger partial charge on any atom is 0.303 e. The zero-order chi connectivity index (χ0) is 35.2. The second-order valence-corrected chi connectivity index (χ2v) is 11.7. The SMILES string of the molecule is CC(=O)C[C@@H]1O[C@H](Oc2c3c(c(Cl)c4cccc([N+](=O)[O-])c24)C(=O)c2cc(C)ccc2C3=O)[C@H](OC(C)=O)[C@@H](OC(C)=O)[C@@H]1OC(C)=O. The third-order valence-corrected chi connectivity index (χ3v) is 8.13. The Morgan fingerprint density at radius 2 is 1.46 bits per heavy atom. The van der Waals surface area contributed by atoms with E-state index >= 15 is 0 Å². The van der Waals surface area contributed by atoms with Gasteiger partial charge in [0.25, 0.3) is 5.69 Å². The van der Waals surface area contributed by atoms with Gasteiger partial charge in [0.05, 0.1) is 21.1 Å². The molecule has 5 rings (SSSR count). The fourth-order valence-corrected chi connectivity index (χ4v) is 6.31. The first-order valence-electron chi connectivity index (χ1n) is 14.6. The van der Waals surface area contributed by atoms with Gasteiger partial charge in [0.15, 0.2) is 23.8 Å².